The van der Waals surface area contributed by atoms with E-state index in [0.717, 1.165) is 5.56 Å². The van der Waals surface area contributed by atoms with Crippen molar-refractivity contribution in [3.8, 4) is 11.5 Å². The van der Waals surface area contributed by atoms with Crippen LogP contribution in [0, 0.1) is 10.1 Å². The molecule has 0 radical (unpaired) electrons. The molecule has 31 heavy (non-hydrogen) atoms. The summed E-state index contributed by atoms with van der Waals surface area (Å²) in [5.74, 6) is 0.704. The van der Waals surface area contributed by atoms with Crippen LogP contribution in [0.2, 0.25) is 5.15 Å². The minimum absolute atomic E-state index is 0.0238. The van der Waals surface area contributed by atoms with Gasteiger partial charge < -0.3 is 14.4 Å². The fourth-order valence-corrected chi connectivity index (χ4v) is 4.43. The Hall–Kier alpha value is -3.33. The number of carbonyl (C=O) groups is 1. The van der Waals surface area contributed by atoms with Crippen LogP contribution in [-0.4, -0.2) is 51.9 Å². The van der Waals surface area contributed by atoms with E-state index in [-0.39, 0.29) is 22.9 Å². The van der Waals surface area contributed by atoms with Gasteiger partial charge >= 0.3 is 0 Å². The zero-order valence-corrected chi connectivity index (χ0v) is 17.2. The molecule has 5 rings (SSSR count). The number of hydrogen-bond acceptors (Lipinski definition) is 7. The van der Waals surface area contributed by atoms with Gasteiger partial charge in [-0.15, -0.1) is 0 Å². The summed E-state index contributed by atoms with van der Waals surface area (Å²) in [6.07, 6.45) is 1.68. The lowest BCUT2D eigenvalue weighted by Crippen LogP contribution is -2.38. The summed E-state index contributed by atoms with van der Waals surface area (Å²) in [4.78, 5) is 32.2. The van der Waals surface area contributed by atoms with E-state index >= 15 is 0 Å². The zero-order chi connectivity index (χ0) is 21.5. The Balaban J connectivity index is 1.55. The molecule has 3 aliphatic heterocycles. The Morgan fingerprint density at radius 2 is 1.97 bits per heavy atom. The van der Waals surface area contributed by atoms with Gasteiger partial charge in [0.1, 0.15) is 18.4 Å². The molecule has 0 aliphatic carbocycles. The van der Waals surface area contributed by atoms with Gasteiger partial charge in [-0.3, -0.25) is 19.8 Å². The molecular weight excluding hydrogens is 424 g/mol. The maximum Gasteiger partial charge on any atom is 0.294 e. The van der Waals surface area contributed by atoms with Crippen molar-refractivity contribution in [3.05, 3.63) is 74.4 Å². The SMILES string of the molecule is O=C1CC(c2ccc3c(c2)OCCO3)C([N+](=O)[O-])=C2N(Cc3ccc(Cl)nc3)CCN12. The smallest absolute Gasteiger partial charge is 0.294 e. The molecule has 3 aliphatic rings. The largest absolute Gasteiger partial charge is 0.486 e. The molecule has 1 atom stereocenters. The summed E-state index contributed by atoms with van der Waals surface area (Å²) in [5, 5.41) is 12.6. The lowest BCUT2D eigenvalue weighted by molar-refractivity contribution is -0.434. The molecular formula is C21H19ClN4O5. The lowest BCUT2D eigenvalue weighted by Gasteiger charge is -2.31. The molecule has 4 heterocycles. The van der Waals surface area contributed by atoms with E-state index in [1.165, 1.54) is 4.90 Å². The predicted octanol–water partition coefficient (Wildman–Crippen LogP) is 2.78. The molecule has 2 aromatic rings. The minimum atomic E-state index is -0.673. The van der Waals surface area contributed by atoms with E-state index in [1.54, 1.807) is 30.5 Å². The molecule has 9 nitrogen and oxygen atoms in total. The number of allylic oxidation sites excluding steroid dienone is 1. The number of aromatic nitrogens is 1. The second-order valence-corrected chi connectivity index (χ2v) is 7.97. The number of carbonyl (C=O) groups excluding carboxylic acids is 1. The molecule has 1 aromatic heterocycles. The van der Waals surface area contributed by atoms with E-state index in [4.69, 9.17) is 21.1 Å². The van der Waals surface area contributed by atoms with E-state index < -0.39 is 5.92 Å². The molecule has 1 saturated heterocycles. The van der Waals surface area contributed by atoms with Crippen molar-refractivity contribution in [1.82, 2.24) is 14.8 Å². The number of pyridine rings is 1. The molecule has 1 amide bonds. The third-order valence-electron chi connectivity index (χ3n) is 5.72. The van der Waals surface area contributed by atoms with Crippen LogP contribution in [-0.2, 0) is 11.3 Å². The van der Waals surface area contributed by atoms with Gasteiger partial charge in [-0.2, -0.15) is 0 Å². The van der Waals surface area contributed by atoms with Gasteiger partial charge in [0.2, 0.25) is 5.91 Å². The molecule has 10 heteroatoms. The van der Waals surface area contributed by atoms with E-state index in [2.05, 4.69) is 4.98 Å². The monoisotopic (exact) mass is 442 g/mol. The van der Waals surface area contributed by atoms with Crippen molar-refractivity contribution in [2.24, 2.45) is 0 Å². The van der Waals surface area contributed by atoms with Gasteiger partial charge in [-0.05, 0) is 29.3 Å². The zero-order valence-electron chi connectivity index (χ0n) is 16.5. The molecule has 0 spiro atoms. The van der Waals surface area contributed by atoms with E-state index in [0.29, 0.717) is 60.9 Å². The van der Waals surface area contributed by atoms with Crippen LogP contribution in [0.4, 0.5) is 0 Å². The first kappa shape index (κ1) is 19.6. The van der Waals surface area contributed by atoms with Gasteiger partial charge in [0, 0.05) is 32.3 Å². The van der Waals surface area contributed by atoms with Crippen molar-refractivity contribution in [2.75, 3.05) is 26.3 Å². The molecule has 160 valence electrons. The predicted molar refractivity (Wildman–Crippen MR) is 110 cm³/mol. The van der Waals surface area contributed by atoms with Gasteiger partial charge in [-0.25, -0.2) is 4.98 Å². The summed E-state index contributed by atoms with van der Waals surface area (Å²) in [7, 11) is 0. The Morgan fingerprint density at radius 3 is 2.71 bits per heavy atom. The first-order valence-electron chi connectivity index (χ1n) is 9.95. The Bertz CT molecular complexity index is 1090. The minimum Gasteiger partial charge on any atom is -0.486 e. The number of nitrogens with zero attached hydrogens (tertiary/aromatic N) is 4. The molecule has 1 unspecified atom stereocenters. The Morgan fingerprint density at radius 1 is 1.16 bits per heavy atom. The lowest BCUT2D eigenvalue weighted by atomic mass is 9.89. The maximum absolute atomic E-state index is 12.9. The molecule has 0 bridgehead atoms. The van der Waals surface area contributed by atoms with E-state index in [1.807, 2.05) is 11.0 Å². The summed E-state index contributed by atoms with van der Waals surface area (Å²) >= 11 is 5.86. The third kappa shape index (κ3) is 3.54. The van der Waals surface area contributed by atoms with E-state index in [9.17, 15) is 14.9 Å². The molecule has 0 saturated carbocycles. The molecule has 1 fully saturated rings. The van der Waals surface area contributed by atoms with Crippen LogP contribution < -0.4 is 9.47 Å². The van der Waals surface area contributed by atoms with Gasteiger partial charge in [0.25, 0.3) is 5.70 Å². The Labute approximate surface area is 183 Å². The highest BCUT2D eigenvalue weighted by Crippen LogP contribution is 2.42. The van der Waals surface area contributed by atoms with Crippen molar-refractivity contribution in [1.29, 1.82) is 0 Å². The highest BCUT2D eigenvalue weighted by molar-refractivity contribution is 6.29. The van der Waals surface area contributed by atoms with Gasteiger partial charge in [0.05, 0.1) is 10.8 Å². The van der Waals surface area contributed by atoms with Crippen molar-refractivity contribution in [2.45, 2.75) is 18.9 Å². The number of ether oxygens (including phenoxy) is 2. The highest BCUT2D eigenvalue weighted by atomic mass is 35.5. The standard InChI is InChI=1S/C21H19ClN4O5/c22-18-4-1-13(11-23-18)12-24-5-6-25-19(27)10-15(20(21(24)25)26(28)29)14-2-3-16-17(9-14)31-8-7-30-16/h1-4,9,11,15H,5-8,10,12H2. The summed E-state index contributed by atoms with van der Waals surface area (Å²) < 4.78 is 11.2. The van der Waals surface area contributed by atoms with Gasteiger partial charge in [-0.1, -0.05) is 23.7 Å². The number of nitro groups is 1. The first-order chi connectivity index (χ1) is 15.0. The topological polar surface area (TPSA) is 98.0 Å². The number of hydrogen-bond donors (Lipinski definition) is 0. The molecule has 0 N–H and O–H groups in total. The number of amides is 1. The third-order valence-corrected chi connectivity index (χ3v) is 5.94. The van der Waals surface area contributed by atoms with Crippen LogP contribution in [0.5, 0.6) is 11.5 Å². The summed E-state index contributed by atoms with van der Waals surface area (Å²) in [6.45, 7) is 2.20. The average molecular weight is 443 g/mol. The quantitative estimate of drug-likeness (QED) is 0.408. The van der Waals surface area contributed by atoms with Crippen molar-refractivity contribution < 1.29 is 19.2 Å². The fraction of sp³-hybridized carbons (Fsp3) is 0.333. The summed E-state index contributed by atoms with van der Waals surface area (Å²) in [6, 6.07) is 8.77. The number of halogens is 1. The number of fused-ring (bicyclic) bond motifs is 2. The van der Waals surface area contributed by atoms with Crippen molar-refractivity contribution in [3.63, 3.8) is 0 Å². The molecule has 1 aromatic carbocycles. The highest BCUT2D eigenvalue weighted by Gasteiger charge is 2.46. The normalized spacial score (nSPS) is 20.2. The summed E-state index contributed by atoms with van der Waals surface area (Å²) in [5.41, 5.74) is 1.54. The maximum atomic E-state index is 12.9. The van der Waals surface area contributed by atoms with Crippen LogP contribution in [0.15, 0.2) is 48.0 Å². The van der Waals surface area contributed by atoms with Crippen molar-refractivity contribution >= 4 is 17.5 Å². The average Bonchev–Trinajstić information content (AvgIpc) is 3.18. The second kappa shape index (κ2) is 7.73. The van der Waals surface area contributed by atoms with Crippen LogP contribution in [0.3, 0.4) is 0 Å². The second-order valence-electron chi connectivity index (χ2n) is 7.58. The number of benzene rings is 1. The fourth-order valence-electron chi connectivity index (χ4n) is 4.32. The van der Waals surface area contributed by atoms with Gasteiger partial charge in [0.15, 0.2) is 17.3 Å². The first-order valence-corrected chi connectivity index (χ1v) is 10.3. The van der Waals surface area contributed by atoms with Crippen LogP contribution in [0.1, 0.15) is 23.5 Å². The Kier molecular flexibility index (Phi) is 4.90. The van der Waals surface area contributed by atoms with Crippen LogP contribution in [0.25, 0.3) is 0 Å². The van der Waals surface area contributed by atoms with Crippen LogP contribution >= 0.6 is 11.6 Å². The number of rotatable bonds is 4.